The van der Waals surface area contributed by atoms with Crippen LogP contribution >= 0.6 is 0 Å². The minimum absolute atomic E-state index is 0.0684. The van der Waals surface area contributed by atoms with Gasteiger partial charge >= 0.3 is 0 Å². The third kappa shape index (κ3) is 2.86. The molecule has 1 aliphatic heterocycles. The predicted octanol–water partition coefficient (Wildman–Crippen LogP) is 2.54. The van der Waals surface area contributed by atoms with Gasteiger partial charge in [-0.15, -0.1) is 0 Å². The smallest absolute Gasteiger partial charge is 0.270 e. The van der Waals surface area contributed by atoms with E-state index in [4.69, 9.17) is 5.26 Å². The summed E-state index contributed by atoms with van der Waals surface area (Å²) in [5, 5.41) is 9.78. The van der Waals surface area contributed by atoms with Crippen LogP contribution in [0.3, 0.4) is 0 Å². The number of piperazine rings is 1. The lowest BCUT2D eigenvalue weighted by molar-refractivity contribution is 0.0741. The second kappa shape index (κ2) is 6.48. The molecule has 2 aromatic heterocycles. The van der Waals surface area contributed by atoms with Gasteiger partial charge in [0.15, 0.2) is 0 Å². The van der Waals surface area contributed by atoms with E-state index in [9.17, 15) is 9.18 Å². The Labute approximate surface area is 149 Å². The first-order valence-electron chi connectivity index (χ1n) is 8.32. The van der Waals surface area contributed by atoms with Crippen LogP contribution < -0.4 is 4.90 Å². The minimum atomic E-state index is -0.410. The Balaban J connectivity index is 1.46. The van der Waals surface area contributed by atoms with Gasteiger partial charge in [-0.3, -0.25) is 9.78 Å². The summed E-state index contributed by atoms with van der Waals surface area (Å²) in [6.07, 6.45) is 3.38. The molecule has 130 valence electrons. The van der Waals surface area contributed by atoms with Gasteiger partial charge in [-0.1, -0.05) is 0 Å². The molecule has 4 rings (SSSR count). The zero-order valence-electron chi connectivity index (χ0n) is 13.9. The largest absolute Gasteiger partial charge is 0.366 e. The fourth-order valence-corrected chi connectivity index (χ4v) is 3.24. The summed E-state index contributed by atoms with van der Waals surface area (Å²) in [4.78, 5) is 23.5. The van der Waals surface area contributed by atoms with Crippen LogP contribution in [0.4, 0.5) is 10.1 Å². The number of pyridine rings is 1. The summed E-state index contributed by atoms with van der Waals surface area (Å²) in [5.74, 6) is -0.479. The van der Waals surface area contributed by atoms with Crippen molar-refractivity contribution in [3.05, 3.63) is 59.8 Å². The summed E-state index contributed by atoms with van der Waals surface area (Å²) in [6.45, 7) is 2.09. The Kier molecular flexibility index (Phi) is 4.01. The van der Waals surface area contributed by atoms with E-state index in [-0.39, 0.29) is 5.91 Å². The fourth-order valence-electron chi connectivity index (χ4n) is 3.24. The summed E-state index contributed by atoms with van der Waals surface area (Å²) in [6, 6.07) is 10.1. The highest BCUT2D eigenvalue weighted by Gasteiger charge is 2.24. The Morgan fingerprint density at radius 2 is 2.00 bits per heavy atom. The molecule has 0 aliphatic carbocycles. The van der Waals surface area contributed by atoms with Gasteiger partial charge in [0, 0.05) is 37.8 Å². The molecule has 0 radical (unpaired) electrons. The number of benzene rings is 1. The molecule has 0 atom stereocenters. The number of rotatable bonds is 2. The molecule has 1 amide bonds. The quantitative estimate of drug-likeness (QED) is 0.771. The molecule has 0 bridgehead atoms. The number of nitriles is 1. The number of H-pyrrole nitrogens is 1. The Hall–Kier alpha value is -3.40. The van der Waals surface area contributed by atoms with Gasteiger partial charge in [0.05, 0.1) is 29.0 Å². The average molecular weight is 349 g/mol. The molecule has 0 spiro atoms. The first-order valence-corrected chi connectivity index (χ1v) is 8.32. The Bertz CT molecular complexity index is 981. The summed E-state index contributed by atoms with van der Waals surface area (Å²) in [5.41, 5.74) is 2.13. The van der Waals surface area contributed by atoms with Crippen molar-refractivity contribution in [2.24, 2.45) is 0 Å². The monoisotopic (exact) mass is 349 g/mol. The third-order valence-electron chi connectivity index (χ3n) is 4.64. The maximum absolute atomic E-state index is 14.2. The zero-order valence-corrected chi connectivity index (χ0v) is 13.9. The lowest BCUT2D eigenvalue weighted by Crippen LogP contribution is -2.49. The summed E-state index contributed by atoms with van der Waals surface area (Å²) >= 11 is 0. The molecule has 7 heteroatoms. The summed E-state index contributed by atoms with van der Waals surface area (Å²) in [7, 11) is 0. The molecule has 6 nitrogen and oxygen atoms in total. The van der Waals surface area contributed by atoms with Crippen LogP contribution in [0, 0.1) is 17.1 Å². The number of carbonyl (C=O) groups is 1. The average Bonchev–Trinajstić information content (AvgIpc) is 3.11. The van der Waals surface area contributed by atoms with E-state index in [0.29, 0.717) is 43.1 Å². The first kappa shape index (κ1) is 16.1. The number of fused-ring (bicyclic) bond motifs is 1. The molecular formula is C19H16FN5O. The number of amides is 1. The van der Waals surface area contributed by atoms with Crippen LogP contribution in [-0.4, -0.2) is 47.0 Å². The molecular weight excluding hydrogens is 333 g/mol. The van der Waals surface area contributed by atoms with Crippen molar-refractivity contribution in [3.63, 3.8) is 0 Å². The van der Waals surface area contributed by atoms with Crippen molar-refractivity contribution in [3.8, 4) is 6.07 Å². The maximum Gasteiger partial charge on any atom is 0.270 e. The topological polar surface area (TPSA) is 76.0 Å². The number of carbonyl (C=O) groups excluding carboxylic acids is 1. The van der Waals surface area contributed by atoms with E-state index in [1.54, 1.807) is 29.4 Å². The second-order valence-electron chi connectivity index (χ2n) is 6.20. The number of aromatic nitrogens is 2. The number of anilines is 1. The first-order chi connectivity index (χ1) is 12.7. The van der Waals surface area contributed by atoms with Crippen LogP contribution in [0.1, 0.15) is 16.1 Å². The lowest BCUT2D eigenvalue weighted by atomic mass is 10.1. The van der Waals surface area contributed by atoms with Crippen molar-refractivity contribution in [2.45, 2.75) is 0 Å². The predicted molar refractivity (Wildman–Crippen MR) is 95.3 cm³/mol. The highest BCUT2D eigenvalue weighted by molar-refractivity contribution is 5.97. The van der Waals surface area contributed by atoms with Gasteiger partial charge in [0.1, 0.15) is 11.5 Å². The van der Waals surface area contributed by atoms with Gasteiger partial charge in [0.25, 0.3) is 5.91 Å². The zero-order chi connectivity index (χ0) is 18.1. The van der Waals surface area contributed by atoms with E-state index in [1.165, 1.54) is 6.07 Å². The number of nitrogens with one attached hydrogen (secondary N) is 1. The molecule has 1 saturated heterocycles. The van der Waals surface area contributed by atoms with Gasteiger partial charge in [-0.25, -0.2) is 4.39 Å². The van der Waals surface area contributed by atoms with Crippen LogP contribution in [0.2, 0.25) is 0 Å². The van der Waals surface area contributed by atoms with Crippen molar-refractivity contribution >= 4 is 22.5 Å². The van der Waals surface area contributed by atoms with Crippen molar-refractivity contribution in [1.29, 1.82) is 5.26 Å². The number of hydrogen-bond acceptors (Lipinski definition) is 4. The normalized spacial score (nSPS) is 14.5. The van der Waals surface area contributed by atoms with Crippen LogP contribution in [0.5, 0.6) is 0 Å². The number of nitrogens with zero attached hydrogens (tertiary/aromatic N) is 4. The highest BCUT2D eigenvalue weighted by Crippen LogP contribution is 2.23. The van der Waals surface area contributed by atoms with E-state index in [0.717, 1.165) is 10.9 Å². The van der Waals surface area contributed by atoms with Crippen molar-refractivity contribution in [2.75, 3.05) is 31.1 Å². The SMILES string of the molecule is N#Cc1ccc(N2CCN(C(=O)c3cc4ccncc4[nH]3)CC2)c(F)c1. The van der Waals surface area contributed by atoms with E-state index in [1.807, 2.05) is 23.1 Å². The molecule has 1 aliphatic rings. The summed E-state index contributed by atoms with van der Waals surface area (Å²) < 4.78 is 14.2. The van der Waals surface area contributed by atoms with Gasteiger partial charge in [0.2, 0.25) is 0 Å². The second-order valence-corrected chi connectivity index (χ2v) is 6.20. The van der Waals surface area contributed by atoms with E-state index in [2.05, 4.69) is 9.97 Å². The fraction of sp³-hybridized carbons (Fsp3) is 0.211. The molecule has 3 heterocycles. The molecule has 1 N–H and O–H groups in total. The molecule has 3 aromatic rings. The number of halogens is 1. The van der Waals surface area contributed by atoms with E-state index < -0.39 is 5.82 Å². The molecule has 1 fully saturated rings. The molecule has 0 saturated carbocycles. The Morgan fingerprint density at radius 3 is 2.69 bits per heavy atom. The minimum Gasteiger partial charge on any atom is -0.366 e. The van der Waals surface area contributed by atoms with Crippen LogP contribution in [0.15, 0.2) is 42.7 Å². The van der Waals surface area contributed by atoms with Gasteiger partial charge in [-0.2, -0.15) is 5.26 Å². The number of aromatic amines is 1. The van der Waals surface area contributed by atoms with Crippen LogP contribution in [-0.2, 0) is 0 Å². The maximum atomic E-state index is 14.2. The van der Waals surface area contributed by atoms with Crippen molar-refractivity contribution in [1.82, 2.24) is 14.9 Å². The molecule has 1 aromatic carbocycles. The third-order valence-corrected chi connectivity index (χ3v) is 4.64. The highest BCUT2D eigenvalue weighted by atomic mass is 19.1. The number of hydrogen-bond donors (Lipinski definition) is 1. The Morgan fingerprint density at radius 1 is 1.19 bits per heavy atom. The standard InChI is InChI=1S/C19H16FN5O/c20-15-9-13(11-21)1-2-18(15)24-5-7-25(8-6-24)19(26)16-10-14-3-4-22-12-17(14)23-16/h1-4,9-10,12,23H,5-8H2. The van der Waals surface area contributed by atoms with Crippen LogP contribution in [0.25, 0.3) is 10.9 Å². The van der Waals surface area contributed by atoms with Gasteiger partial charge < -0.3 is 14.8 Å². The van der Waals surface area contributed by atoms with Crippen molar-refractivity contribution < 1.29 is 9.18 Å². The van der Waals surface area contributed by atoms with Gasteiger partial charge in [-0.05, 0) is 30.3 Å². The molecule has 0 unspecified atom stereocenters. The molecule has 26 heavy (non-hydrogen) atoms. The lowest BCUT2D eigenvalue weighted by Gasteiger charge is -2.36. The van der Waals surface area contributed by atoms with E-state index >= 15 is 0 Å².